The van der Waals surface area contributed by atoms with Gasteiger partial charge in [0.1, 0.15) is 6.29 Å². The molecule has 0 heterocycles. The molecule has 0 radical (unpaired) electrons. The van der Waals surface area contributed by atoms with E-state index in [1.165, 1.54) is 0 Å². The Kier molecular flexibility index (Phi) is 6.10. The predicted molar refractivity (Wildman–Crippen MR) is 50.2 cm³/mol. The molecule has 2 unspecified atom stereocenters. The number of aldehydes is 1. The monoisotopic (exact) mass is 187 g/mol. The molecule has 0 fully saturated rings. The van der Waals surface area contributed by atoms with Crippen molar-refractivity contribution in [2.24, 2.45) is 5.92 Å². The fourth-order valence-electron chi connectivity index (χ4n) is 1.62. The van der Waals surface area contributed by atoms with Crippen LogP contribution in [0.25, 0.3) is 0 Å². The Hall–Kier alpha value is -0.930. The molecule has 0 rings (SSSR count). The molecule has 0 aliphatic rings. The Morgan fingerprint density at radius 1 is 1.46 bits per heavy atom. The van der Waals surface area contributed by atoms with Crippen molar-refractivity contribution in [1.82, 2.24) is 0 Å². The van der Waals surface area contributed by atoms with Gasteiger partial charge in [0.05, 0.1) is 0 Å². The quantitative estimate of drug-likeness (QED) is 0.348. The molecule has 0 aliphatic heterocycles. The van der Waals surface area contributed by atoms with E-state index in [-0.39, 0.29) is 10.8 Å². The van der Waals surface area contributed by atoms with E-state index in [0.29, 0.717) is 12.8 Å². The molecule has 4 nitrogen and oxygen atoms in total. The number of hydrogen-bond donors (Lipinski definition) is 0. The van der Waals surface area contributed by atoms with Gasteiger partial charge in [0.2, 0.25) is 6.04 Å². The second-order valence-electron chi connectivity index (χ2n) is 3.21. The maximum absolute atomic E-state index is 10.6. The summed E-state index contributed by atoms with van der Waals surface area (Å²) in [4.78, 5) is 20.7. The van der Waals surface area contributed by atoms with Crippen LogP contribution in [0, 0.1) is 16.0 Å². The van der Waals surface area contributed by atoms with Crippen molar-refractivity contribution < 1.29 is 9.72 Å². The molecule has 13 heavy (non-hydrogen) atoms. The summed E-state index contributed by atoms with van der Waals surface area (Å²) in [6.07, 6.45) is 3.26. The van der Waals surface area contributed by atoms with Gasteiger partial charge in [0.25, 0.3) is 0 Å². The molecule has 2 atom stereocenters. The van der Waals surface area contributed by atoms with Gasteiger partial charge >= 0.3 is 0 Å². The van der Waals surface area contributed by atoms with E-state index in [4.69, 9.17) is 0 Å². The molecule has 0 bridgehead atoms. The summed E-state index contributed by atoms with van der Waals surface area (Å²) in [6.45, 7) is 3.77. The fourth-order valence-corrected chi connectivity index (χ4v) is 1.62. The highest BCUT2D eigenvalue weighted by Crippen LogP contribution is 2.19. The zero-order valence-electron chi connectivity index (χ0n) is 8.23. The predicted octanol–water partition coefficient (Wildman–Crippen LogP) is 2.05. The third kappa shape index (κ3) is 4.01. The van der Waals surface area contributed by atoms with Gasteiger partial charge in [-0.25, -0.2) is 0 Å². The third-order valence-electron chi connectivity index (χ3n) is 2.29. The van der Waals surface area contributed by atoms with Crippen molar-refractivity contribution in [2.45, 2.75) is 45.6 Å². The van der Waals surface area contributed by atoms with Crippen molar-refractivity contribution in [2.75, 3.05) is 0 Å². The summed E-state index contributed by atoms with van der Waals surface area (Å²) in [5.41, 5.74) is 0. The fraction of sp³-hybridized carbons (Fsp3) is 0.889. The number of carbonyl (C=O) groups excluding carboxylic acids is 1. The maximum Gasteiger partial charge on any atom is 0.216 e. The van der Waals surface area contributed by atoms with Crippen LogP contribution in [-0.4, -0.2) is 17.3 Å². The molecule has 76 valence electrons. The second kappa shape index (κ2) is 6.57. The van der Waals surface area contributed by atoms with Gasteiger partial charge in [-0.2, -0.15) is 0 Å². The van der Waals surface area contributed by atoms with Crippen LogP contribution >= 0.6 is 0 Å². The van der Waals surface area contributed by atoms with Gasteiger partial charge in [0.15, 0.2) is 0 Å². The number of nitro groups is 1. The van der Waals surface area contributed by atoms with Crippen LogP contribution in [-0.2, 0) is 4.79 Å². The largest absolute Gasteiger partial charge is 0.303 e. The first-order chi connectivity index (χ1) is 6.17. The second-order valence-corrected chi connectivity index (χ2v) is 3.21. The van der Waals surface area contributed by atoms with Crippen molar-refractivity contribution in [3.63, 3.8) is 0 Å². The van der Waals surface area contributed by atoms with E-state index in [1.807, 2.05) is 6.92 Å². The molecule has 0 saturated carbocycles. The number of carbonyl (C=O) groups is 1. The third-order valence-corrected chi connectivity index (χ3v) is 2.29. The van der Waals surface area contributed by atoms with Gasteiger partial charge in [-0.15, -0.1) is 0 Å². The van der Waals surface area contributed by atoms with E-state index in [2.05, 4.69) is 0 Å². The van der Waals surface area contributed by atoms with Crippen molar-refractivity contribution in [3.8, 4) is 0 Å². The maximum atomic E-state index is 10.6. The average molecular weight is 187 g/mol. The normalized spacial score (nSPS) is 14.9. The van der Waals surface area contributed by atoms with Crippen LogP contribution in [0.5, 0.6) is 0 Å². The molecule has 0 aromatic rings. The number of hydrogen-bond acceptors (Lipinski definition) is 3. The minimum atomic E-state index is -0.551. The Morgan fingerprint density at radius 2 is 2.08 bits per heavy atom. The topological polar surface area (TPSA) is 60.2 Å². The molecule has 0 saturated heterocycles. The van der Waals surface area contributed by atoms with E-state index < -0.39 is 6.04 Å². The SMILES string of the molecule is CCCC(CC=O)C(CC)[N+](=O)[O-]. The molecule has 0 spiro atoms. The highest BCUT2D eigenvalue weighted by Gasteiger charge is 2.28. The summed E-state index contributed by atoms with van der Waals surface area (Å²) < 4.78 is 0. The first kappa shape index (κ1) is 12.1. The minimum Gasteiger partial charge on any atom is -0.303 e. The lowest BCUT2D eigenvalue weighted by Gasteiger charge is -2.16. The molecule has 0 amide bonds. The Bertz CT molecular complexity index is 170. The van der Waals surface area contributed by atoms with Gasteiger partial charge < -0.3 is 4.79 Å². The minimum absolute atomic E-state index is 0.0810. The standard InChI is InChI=1S/C9H17NO3/c1-3-5-8(6-7-11)9(4-2)10(12)13/h7-9H,3-6H2,1-2H3. The smallest absolute Gasteiger partial charge is 0.216 e. The number of nitrogens with zero attached hydrogens (tertiary/aromatic N) is 1. The van der Waals surface area contributed by atoms with Crippen molar-refractivity contribution >= 4 is 6.29 Å². The van der Waals surface area contributed by atoms with E-state index in [1.54, 1.807) is 6.92 Å². The summed E-state index contributed by atoms with van der Waals surface area (Å²) in [5.74, 6) is -0.0810. The van der Waals surface area contributed by atoms with Crippen molar-refractivity contribution in [1.29, 1.82) is 0 Å². The molecule has 0 aromatic carbocycles. The summed E-state index contributed by atoms with van der Waals surface area (Å²) >= 11 is 0. The molecule has 4 heteroatoms. The zero-order chi connectivity index (χ0) is 10.3. The van der Waals surface area contributed by atoms with Crippen molar-refractivity contribution in [3.05, 3.63) is 10.1 Å². The van der Waals surface area contributed by atoms with Crippen LogP contribution < -0.4 is 0 Å². The number of rotatable bonds is 7. The first-order valence-electron chi connectivity index (χ1n) is 4.74. The molecule has 0 aromatic heterocycles. The van der Waals surface area contributed by atoms with E-state index in [0.717, 1.165) is 19.1 Å². The highest BCUT2D eigenvalue weighted by atomic mass is 16.6. The van der Waals surface area contributed by atoms with Crippen LogP contribution in [0.2, 0.25) is 0 Å². The lowest BCUT2D eigenvalue weighted by atomic mass is 9.91. The first-order valence-corrected chi connectivity index (χ1v) is 4.74. The highest BCUT2D eigenvalue weighted by molar-refractivity contribution is 5.49. The van der Waals surface area contributed by atoms with Gasteiger partial charge in [-0.3, -0.25) is 10.1 Å². The van der Waals surface area contributed by atoms with Gasteiger partial charge in [-0.05, 0) is 6.42 Å². The van der Waals surface area contributed by atoms with Crippen LogP contribution in [0.3, 0.4) is 0 Å². The lowest BCUT2D eigenvalue weighted by Crippen LogP contribution is -2.28. The Balaban J connectivity index is 4.27. The lowest BCUT2D eigenvalue weighted by molar-refractivity contribution is -0.532. The summed E-state index contributed by atoms with van der Waals surface area (Å²) in [7, 11) is 0. The van der Waals surface area contributed by atoms with Crippen LogP contribution in [0.1, 0.15) is 39.5 Å². The summed E-state index contributed by atoms with van der Waals surface area (Å²) in [5, 5.41) is 10.6. The van der Waals surface area contributed by atoms with Crippen LogP contribution in [0.4, 0.5) is 0 Å². The Morgan fingerprint density at radius 3 is 2.38 bits per heavy atom. The molecule has 0 aliphatic carbocycles. The molecule has 0 N–H and O–H groups in total. The van der Waals surface area contributed by atoms with Gasteiger partial charge in [0, 0.05) is 23.7 Å². The van der Waals surface area contributed by atoms with Crippen LogP contribution in [0.15, 0.2) is 0 Å². The zero-order valence-corrected chi connectivity index (χ0v) is 8.23. The van der Waals surface area contributed by atoms with E-state index >= 15 is 0 Å². The molecular weight excluding hydrogens is 170 g/mol. The van der Waals surface area contributed by atoms with E-state index in [9.17, 15) is 14.9 Å². The summed E-state index contributed by atoms with van der Waals surface area (Å²) in [6, 6.07) is -0.551. The van der Waals surface area contributed by atoms with Gasteiger partial charge in [-0.1, -0.05) is 20.3 Å². The average Bonchev–Trinajstić information content (AvgIpc) is 2.05. The molecular formula is C9H17NO3. The Labute approximate surface area is 78.5 Å².